The molecule has 17 heavy (non-hydrogen) atoms. The Morgan fingerprint density at radius 1 is 1.41 bits per heavy atom. The fourth-order valence-corrected chi connectivity index (χ4v) is 1.80. The van der Waals surface area contributed by atoms with Crippen molar-refractivity contribution >= 4 is 0 Å². The third kappa shape index (κ3) is 3.74. The first-order valence-corrected chi connectivity index (χ1v) is 5.90. The number of aromatic nitrogens is 2. The molecule has 1 heterocycles. The normalized spacial score (nSPS) is 13.6. The molecule has 6 heteroatoms. The van der Waals surface area contributed by atoms with E-state index in [4.69, 9.17) is 5.84 Å². The van der Waals surface area contributed by atoms with Gasteiger partial charge < -0.3 is 0 Å². The van der Waals surface area contributed by atoms with E-state index in [-0.39, 0.29) is 6.42 Å². The summed E-state index contributed by atoms with van der Waals surface area (Å²) in [7, 11) is 0. The van der Waals surface area contributed by atoms with Crippen molar-refractivity contribution in [1.82, 2.24) is 15.2 Å². The summed E-state index contributed by atoms with van der Waals surface area (Å²) in [4.78, 5) is 0. The van der Waals surface area contributed by atoms with Crippen LogP contribution in [0.2, 0.25) is 0 Å². The lowest BCUT2D eigenvalue weighted by molar-refractivity contribution is 0.0978. The van der Waals surface area contributed by atoms with Gasteiger partial charge >= 0.3 is 0 Å². The first kappa shape index (κ1) is 14.1. The van der Waals surface area contributed by atoms with Gasteiger partial charge in [-0.25, -0.2) is 8.78 Å². The maximum absolute atomic E-state index is 12.5. The Balaban J connectivity index is 2.67. The molecule has 0 radical (unpaired) electrons. The van der Waals surface area contributed by atoms with Crippen molar-refractivity contribution in [2.24, 2.45) is 5.84 Å². The van der Waals surface area contributed by atoms with Gasteiger partial charge in [-0.1, -0.05) is 13.8 Å². The van der Waals surface area contributed by atoms with Crippen LogP contribution in [-0.2, 0) is 6.42 Å². The van der Waals surface area contributed by atoms with Crippen LogP contribution in [0.25, 0.3) is 0 Å². The number of hydrazine groups is 1. The Hall–Kier alpha value is -1.01. The van der Waals surface area contributed by atoms with E-state index in [0.717, 1.165) is 12.8 Å². The minimum Gasteiger partial charge on any atom is -0.271 e. The summed E-state index contributed by atoms with van der Waals surface area (Å²) in [6.45, 7) is 4.16. The van der Waals surface area contributed by atoms with Gasteiger partial charge in [0.2, 0.25) is 0 Å². The molecule has 0 saturated heterocycles. The number of nitrogens with zero attached hydrogens (tertiary/aromatic N) is 2. The number of nitrogens with one attached hydrogen (secondary N) is 1. The fourth-order valence-electron chi connectivity index (χ4n) is 1.80. The molecule has 0 amide bonds. The zero-order chi connectivity index (χ0) is 12.8. The predicted octanol–water partition coefficient (Wildman–Crippen LogP) is 1.88. The highest BCUT2D eigenvalue weighted by atomic mass is 19.3. The van der Waals surface area contributed by atoms with Gasteiger partial charge in [0.15, 0.2) is 0 Å². The Bertz CT molecular complexity index is 323. The van der Waals surface area contributed by atoms with Gasteiger partial charge in [-0.15, -0.1) is 0 Å². The molecular weight excluding hydrogens is 226 g/mol. The molecule has 1 aromatic heterocycles. The second-order valence-electron chi connectivity index (χ2n) is 4.07. The van der Waals surface area contributed by atoms with E-state index in [0.29, 0.717) is 11.7 Å². The SMILES string of the molecule is CCC(CC)n1ccc(CC(NN)C(F)F)n1. The number of hydrogen-bond acceptors (Lipinski definition) is 3. The van der Waals surface area contributed by atoms with Crippen molar-refractivity contribution in [1.29, 1.82) is 0 Å². The fraction of sp³-hybridized carbons (Fsp3) is 0.727. The van der Waals surface area contributed by atoms with Crippen LogP contribution in [0, 0.1) is 0 Å². The second kappa shape index (κ2) is 6.66. The molecule has 0 aliphatic carbocycles. The van der Waals surface area contributed by atoms with Crippen molar-refractivity contribution in [3.63, 3.8) is 0 Å². The molecule has 3 N–H and O–H groups in total. The minimum absolute atomic E-state index is 0.140. The van der Waals surface area contributed by atoms with Gasteiger partial charge in [0.1, 0.15) is 0 Å². The first-order chi connectivity index (χ1) is 8.12. The van der Waals surface area contributed by atoms with E-state index < -0.39 is 12.5 Å². The van der Waals surface area contributed by atoms with Crippen LogP contribution in [0.1, 0.15) is 38.4 Å². The van der Waals surface area contributed by atoms with Crippen LogP contribution in [-0.4, -0.2) is 22.2 Å². The molecule has 98 valence electrons. The predicted molar refractivity (Wildman–Crippen MR) is 62.7 cm³/mol. The second-order valence-corrected chi connectivity index (χ2v) is 4.07. The maximum Gasteiger partial charge on any atom is 0.255 e. The summed E-state index contributed by atoms with van der Waals surface area (Å²) < 4.78 is 26.9. The van der Waals surface area contributed by atoms with Gasteiger partial charge in [0.05, 0.1) is 17.8 Å². The standard InChI is InChI=1S/C11H20F2N4/c1-3-9(4-2)17-6-5-8(16-17)7-10(15-14)11(12)13/h5-6,9-11,15H,3-4,7,14H2,1-2H3. The van der Waals surface area contributed by atoms with Crippen LogP contribution in [0.5, 0.6) is 0 Å². The van der Waals surface area contributed by atoms with Crippen LogP contribution < -0.4 is 11.3 Å². The Morgan fingerprint density at radius 3 is 2.53 bits per heavy atom. The third-order valence-electron chi connectivity index (χ3n) is 2.93. The van der Waals surface area contributed by atoms with E-state index in [1.807, 2.05) is 10.9 Å². The van der Waals surface area contributed by atoms with Crippen LogP contribution in [0.3, 0.4) is 0 Å². The molecule has 0 saturated carbocycles. The van der Waals surface area contributed by atoms with Crippen LogP contribution in [0.15, 0.2) is 12.3 Å². The van der Waals surface area contributed by atoms with Crippen molar-refractivity contribution in [2.45, 2.75) is 51.6 Å². The summed E-state index contributed by atoms with van der Waals surface area (Å²) in [5.74, 6) is 5.08. The highest BCUT2D eigenvalue weighted by Gasteiger charge is 2.20. The highest BCUT2D eigenvalue weighted by molar-refractivity contribution is 5.02. The van der Waals surface area contributed by atoms with Gasteiger partial charge in [-0.05, 0) is 18.9 Å². The lowest BCUT2D eigenvalue weighted by Crippen LogP contribution is -2.42. The molecule has 0 spiro atoms. The van der Waals surface area contributed by atoms with E-state index in [2.05, 4.69) is 24.4 Å². The van der Waals surface area contributed by atoms with Crippen molar-refractivity contribution < 1.29 is 8.78 Å². The van der Waals surface area contributed by atoms with Gasteiger partial charge in [-0.3, -0.25) is 16.0 Å². The molecule has 0 bridgehead atoms. The average molecular weight is 246 g/mol. The van der Waals surface area contributed by atoms with Gasteiger partial charge in [-0.2, -0.15) is 5.10 Å². The number of halogens is 2. The Labute approximate surface area is 100 Å². The maximum atomic E-state index is 12.5. The molecule has 0 aliphatic rings. The average Bonchev–Trinajstić information content (AvgIpc) is 2.76. The summed E-state index contributed by atoms with van der Waals surface area (Å²) in [5, 5.41) is 4.31. The molecule has 0 aromatic carbocycles. The molecule has 1 rings (SSSR count). The first-order valence-electron chi connectivity index (χ1n) is 5.90. The molecule has 4 nitrogen and oxygen atoms in total. The highest BCUT2D eigenvalue weighted by Crippen LogP contribution is 2.15. The topological polar surface area (TPSA) is 55.9 Å². The van der Waals surface area contributed by atoms with Gasteiger partial charge in [0, 0.05) is 12.6 Å². The summed E-state index contributed by atoms with van der Waals surface area (Å²) >= 11 is 0. The molecule has 1 unspecified atom stereocenters. The van der Waals surface area contributed by atoms with Crippen LogP contribution >= 0.6 is 0 Å². The number of rotatable bonds is 7. The molecule has 1 aromatic rings. The smallest absolute Gasteiger partial charge is 0.255 e. The third-order valence-corrected chi connectivity index (χ3v) is 2.93. The molecular formula is C11H20F2N4. The summed E-state index contributed by atoms with van der Waals surface area (Å²) in [5.41, 5.74) is 2.76. The number of nitrogens with two attached hydrogens (primary N) is 1. The van der Waals surface area contributed by atoms with Crippen molar-refractivity contribution in [3.05, 3.63) is 18.0 Å². The van der Waals surface area contributed by atoms with E-state index in [9.17, 15) is 8.78 Å². The summed E-state index contributed by atoms with van der Waals surface area (Å²) in [6, 6.07) is 1.06. The quantitative estimate of drug-likeness (QED) is 0.570. The number of alkyl halides is 2. The minimum atomic E-state index is -2.49. The molecule has 0 fully saturated rings. The lowest BCUT2D eigenvalue weighted by Gasteiger charge is -2.14. The zero-order valence-corrected chi connectivity index (χ0v) is 10.2. The van der Waals surface area contributed by atoms with E-state index in [1.165, 1.54) is 0 Å². The van der Waals surface area contributed by atoms with Crippen LogP contribution in [0.4, 0.5) is 8.78 Å². The molecule has 0 aliphatic heterocycles. The summed E-state index contributed by atoms with van der Waals surface area (Å²) in [6.07, 6.45) is 1.45. The van der Waals surface area contributed by atoms with Crippen molar-refractivity contribution in [3.8, 4) is 0 Å². The lowest BCUT2D eigenvalue weighted by atomic mass is 10.2. The van der Waals surface area contributed by atoms with E-state index in [1.54, 1.807) is 6.07 Å². The monoisotopic (exact) mass is 246 g/mol. The zero-order valence-electron chi connectivity index (χ0n) is 10.2. The Kier molecular flexibility index (Phi) is 5.50. The number of hydrogen-bond donors (Lipinski definition) is 2. The molecule has 1 atom stereocenters. The van der Waals surface area contributed by atoms with Crippen molar-refractivity contribution in [2.75, 3.05) is 0 Å². The Morgan fingerprint density at radius 2 is 2.06 bits per heavy atom. The van der Waals surface area contributed by atoms with E-state index >= 15 is 0 Å². The van der Waals surface area contributed by atoms with Gasteiger partial charge in [0.25, 0.3) is 6.43 Å². The largest absolute Gasteiger partial charge is 0.271 e.